The highest BCUT2D eigenvalue weighted by molar-refractivity contribution is 5.62. The zero-order valence-corrected chi connectivity index (χ0v) is 13.2. The van der Waals surface area contributed by atoms with Crippen LogP contribution in [-0.2, 0) is 0 Å². The van der Waals surface area contributed by atoms with Gasteiger partial charge in [-0.2, -0.15) is 0 Å². The van der Waals surface area contributed by atoms with Crippen molar-refractivity contribution in [3.05, 3.63) is 63.7 Å². The molecule has 0 heterocycles. The molecule has 0 amide bonds. The Morgan fingerprint density at radius 1 is 1.22 bits per heavy atom. The first kappa shape index (κ1) is 16.8. The third-order valence-corrected chi connectivity index (χ3v) is 3.31. The lowest BCUT2D eigenvalue weighted by Crippen LogP contribution is -2.26. The molecule has 0 radical (unpaired) electrons. The van der Waals surface area contributed by atoms with Crippen molar-refractivity contribution < 1.29 is 14.8 Å². The number of hydrogen-bond donors (Lipinski definition) is 2. The van der Waals surface area contributed by atoms with Crippen molar-refractivity contribution in [3.8, 4) is 5.75 Å². The number of nitrogens with zero attached hydrogens (tertiary/aromatic N) is 1. The van der Waals surface area contributed by atoms with Crippen molar-refractivity contribution in [2.75, 3.05) is 18.5 Å². The molecule has 0 aliphatic rings. The highest BCUT2D eigenvalue weighted by Gasteiger charge is 2.15. The summed E-state index contributed by atoms with van der Waals surface area (Å²) in [6.45, 7) is 4.02. The van der Waals surface area contributed by atoms with Crippen LogP contribution in [0, 0.1) is 24.0 Å². The van der Waals surface area contributed by atoms with Crippen molar-refractivity contribution in [1.82, 2.24) is 0 Å². The van der Waals surface area contributed by atoms with Gasteiger partial charge in [0.1, 0.15) is 24.1 Å². The number of ether oxygens (including phenoxy) is 1. The Bertz CT molecular complexity index is 688. The van der Waals surface area contributed by atoms with Crippen molar-refractivity contribution in [2.45, 2.75) is 20.0 Å². The average Bonchev–Trinajstić information content (AvgIpc) is 2.51. The molecule has 2 aromatic rings. The summed E-state index contributed by atoms with van der Waals surface area (Å²) in [6, 6.07) is 12.5. The van der Waals surface area contributed by atoms with Gasteiger partial charge in [0.05, 0.1) is 4.92 Å². The maximum absolute atomic E-state index is 11.0. The van der Waals surface area contributed by atoms with Crippen molar-refractivity contribution >= 4 is 11.4 Å². The predicted octanol–water partition coefficient (Wildman–Crippen LogP) is 3.06. The van der Waals surface area contributed by atoms with Gasteiger partial charge in [0.2, 0.25) is 0 Å². The van der Waals surface area contributed by atoms with Gasteiger partial charge >= 0.3 is 0 Å². The third-order valence-electron chi connectivity index (χ3n) is 3.31. The van der Waals surface area contributed by atoms with Crippen molar-refractivity contribution in [2.24, 2.45) is 0 Å². The predicted molar refractivity (Wildman–Crippen MR) is 89.0 cm³/mol. The molecule has 2 aromatic carbocycles. The molecule has 23 heavy (non-hydrogen) atoms. The van der Waals surface area contributed by atoms with E-state index < -0.39 is 11.0 Å². The fourth-order valence-corrected chi connectivity index (χ4v) is 2.13. The summed E-state index contributed by atoms with van der Waals surface area (Å²) >= 11 is 0. The van der Waals surface area contributed by atoms with Crippen molar-refractivity contribution in [3.63, 3.8) is 0 Å². The van der Waals surface area contributed by atoms with Gasteiger partial charge in [0, 0.05) is 12.6 Å². The maximum atomic E-state index is 11.0. The number of nitro groups is 1. The largest absolute Gasteiger partial charge is 0.491 e. The molecular weight excluding hydrogens is 296 g/mol. The summed E-state index contributed by atoms with van der Waals surface area (Å²) < 4.78 is 5.51. The zero-order chi connectivity index (χ0) is 16.8. The topological polar surface area (TPSA) is 84.6 Å². The lowest BCUT2D eigenvalue weighted by Gasteiger charge is -2.14. The SMILES string of the molecule is Cc1cccc(OCC(O)CNc2ccc(C)cc2[N+](=O)[O-])c1. The second-order valence-electron chi connectivity index (χ2n) is 5.44. The quantitative estimate of drug-likeness (QED) is 0.606. The summed E-state index contributed by atoms with van der Waals surface area (Å²) in [4.78, 5) is 10.6. The van der Waals surface area contributed by atoms with Crippen LogP contribution in [0.4, 0.5) is 11.4 Å². The van der Waals surface area contributed by atoms with E-state index in [4.69, 9.17) is 4.74 Å². The van der Waals surface area contributed by atoms with Crippen molar-refractivity contribution in [1.29, 1.82) is 0 Å². The molecule has 6 nitrogen and oxygen atoms in total. The summed E-state index contributed by atoms with van der Waals surface area (Å²) in [7, 11) is 0. The Hall–Kier alpha value is -2.60. The van der Waals surface area contributed by atoms with Gasteiger partial charge in [-0.1, -0.05) is 18.2 Å². The van der Waals surface area contributed by atoms with Gasteiger partial charge in [-0.15, -0.1) is 0 Å². The molecule has 0 saturated heterocycles. The Morgan fingerprint density at radius 2 is 1.96 bits per heavy atom. The molecule has 0 fully saturated rings. The molecule has 0 aliphatic carbocycles. The number of nitrogens with one attached hydrogen (secondary N) is 1. The first-order chi connectivity index (χ1) is 11.0. The van der Waals surface area contributed by atoms with Crippen LogP contribution in [0.3, 0.4) is 0 Å². The summed E-state index contributed by atoms with van der Waals surface area (Å²) in [5, 5.41) is 23.9. The number of aliphatic hydroxyl groups excluding tert-OH is 1. The van der Waals surface area contributed by atoms with Crippen LogP contribution >= 0.6 is 0 Å². The minimum atomic E-state index is -0.781. The number of hydrogen-bond acceptors (Lipinski definition) is 5. The molecule has 0 aromatic heterocycles. The number of aryl methyl sites for hydroxylation is 2. The Kier molecular flexibility index (Phi) is 5.54. The Labute approximate surface area is 134 Å². The molecule has 0 aliphatic heterocycles. The third kappa shape index (κ3) is 4.96. The average molecular weight is 316 g/mol. The van der Waals surface area contributed by atoms with E-state index in [-0.39, 0.29) is 18.8 Å². The molecule has 1 atom stereocenters. The lowest BCUT2D eigenvalue weighted by molar-refractivity contribution is -0.384. The molecular formula is C17H20N2O4. The van der Waals surface area contributed by atoms with E-state index in [1.165, 1.54) is 6.07 Å². The first-order valence-electron chi connectivity index (χ1n) is 7.32. The highest BCUT2D eigenvalue weighted by atomic mass is 16.6. The molecule has 0 saturated carbocycles. The van der Waals surface area contributed by atoms with Gasteiger partial charge in [0.15, 0.2) is 0 Å². The number of benzene rings is 2. The van der Waals surface area contributed by atoms with Crippen LogP contribution in [0.25, 0.3) is 0 Å². The van der Waals surface area contributed by atoms with E-state index in [9.17, 15) is 15.2 Å². The molecule has 2 rings (SSSR count). The number of aliphatic hydroxyl groups is 1. The lowest BCUT2D eigenvalue weighted by atomic mass is 10.2. The summed E-state index contributed by atoms with van der Waals surface area (Å²) in [5.74, 6) is 0.686. The smallest absolute Gasteiger partial charge is 0.292 e. The van der Waals surface area contributed by atoms with E-state index in [1.54, 1.807) is 19.1 Å². The number of nitro benzene ring substituents is 1. The van der Waals surface area contributed by atoms with Gasteiger partial charge in [-0.3, -0.25) is 10.1 Å². The fourth-order valence-electron chi connectivity index (χ4n) is 2.13. The maximum Gasteiger partial charge on any atom is 0.292 e. The first-order valence-corrected chi connectivity index (χ1v) is 7.32. The van der Waals surface area contributed by atoms with E-state index in [0.29, 0.717) is 11.4 Å². The monoisotopic (exact) mass is 316 g/mol. The summed E-state index contributed by atoms with van der Waals surface area (Å²) in [5.41, 5.74) is 2.27. The Balaban J connectivity index is 1.89. The standard InChI is InChI=1S/C17H20N2O4/c1-12-4-3-5-15(8-12)23-11-14(20)10-18-16-7-6-13(2)9-17(16)19(21)22/h3-9,14,18,20H,10-11H2,1-2H3. The van der Waals surface area contributed by atoms with Crippen LogP contribution < -0.4 is 10.1 Å². The van der Waals surface area contributed by atoms with E-state index in [2.05, 4.69) is 5.32 Å². The Morgan fingerprint density at radius 3 is 2.65 bits per heavy atom. The fraction of sp³-hybridized carbons (Fsp3) is 0.294. The zero-order valence-electron chi connectivity index (χ0n) is 13.2. The van der Waals surface area contributed by atoms with Crippen LogP contribution in [-0.4, -0.2) is 29.3 Å². The van der Waals surface area contributed by atoms with Gasteiger partial charge < -0.3 is 15.2 Å². The van der Waals surface area contributed by atoms with Gasteiger partial charge in [0.25, 0.3) is 5.69 Å². The van der Waals surface area contributed by atoms with Crippen LogP contribution in [0.2, 0.25) is 0 Å². The molecule has 122 valence electrons. The molecule has 2 N–H and O–H groups in total. The van der Waals surface area contributed by atoms with Gasteiger partial charge in [-0.05, 0) is 43.2 Å². The van der Waals surface area contributed by atoms with E-state index in [0.717, 1.165) is 11.1 Å². The normalized spacial score (nSPS) is 11.8. The molecule has 1 unspecified atom stereocenters. The minimum Gasteiger partial charge on any atom is -0.491 e. The number of rotatable bonds is 7. The summed E-state index contributed by atoms with van der Waals surface area (Å²) in [6.07, 6.45) is -0.781. The second-order valence-corrected chi connectivity index (χ2v) is 5.44. The highest BCUT2D eigenvalue weighted by Crippen LogP contribution is 2.25. The molecule has 6 heteroatoms. The van der Waals surface area contributed by atoms with E-state index in [1.807, 2.05) is 31.2 Å². The van der Waals surface area contributed by atoms with E-state index >= 15 is 0 Å². The van der Waals surface area contributed by atoms with Crippen LogP contribution in [0.1, 0.15) is 11.1 Å². The minimum absolute atomic E-state index is 0.00296. The second kappa shape index (κ2) is 7.60. The van der Waals surface area contributed by atoms with Crippen LogP contribution in [0.5, 0.6) is 5.75 Å². The molecule has 0 bridgehead atoms. The van der Waals surface area contributed by atoms with Crippen LogP contribution in [0.15, 0.2) is 42.5 Å². The number of anilines is 1. The molecule has 0 spiro atoms. The van der Waals surface area contributed by atoms with Gasteiger partial charge in [-0.25, -0.2) is 0 Å².